The molecule has 0 bridgehead atoms. The second-order valence-electron chi connectivity index (χ2n) is 13.7. The van der Waals surface area contributed by atoms with Crippen molar-refractivity contribution in [2.24, 2.45) is 0 Å². The molecule has 0 radical (unpaired) electrons. The standard InChI is InChI=1S/C38H74O3/c1-3-5-7-9-11-13-15-17-19-21-23-25-27-29-31-35(37-33-39-37)41-36(38-34-40-38)32-30-28-26-24-22-20-18-16-14-12-10-8-6-4-2/h35-38H,3-34H2,1-2H3. The van der Waals surface area contributed by atoms with Crippen molar-refractivity contribution in [3.63, 3.8) is 0 Å². The average molecular weight is 579 g/mol. The minimum Gasteiger partial charge on any atom is -0.370 e. The van der Waals surface area contributed by atoms with Gasteiger partial charge in [-0.15, -0.1) is 0 Å². The molecule has 41 heavy (non-hydrogen) atoms. The average Bonchev–Trinajstić information content (AvgIpc) is 3.90. The second kappa shape index (κ2) is 27.4. The van der Waals surface area contributed by atoms with Crippen molar-refractivity contribution in [3.8, 4) is 0 Å². The molecular formula is C38H74O3. The molecule has 3 nitrogen and oxygen atoms in total. The molecule has 244 valence electrons. The van der Waals surface area contributed by atoms with Crippen LogP contribution in [-0.2, 0) is 14.2 Å². The smallest absolute Gasteiger partial charge is 0.107 e. The Labute approximate surface area is 258 Å². The summed E-state index contributed by atoms with van der Waals surface area (Å²) in [5.41, 5.74) is 0. The molecule has 0 spiro atoms. The summed E-state index contributed by atoms with van der Waals surface area (Å²) in [5.74, 6) is 0. The Balaban J connectivity index is 1.39. The van der Waals surface area contributed by atoms with Crippen LogP contribution in [0.3, 0.4) is 0 Å². The lowest BCUT2D eigenvalue weighted by Gasteiger charge is -2.23. The third-order valence-corrected chi connectivity index (χ3v) is 9.58. The molecule has 0 aromatic heterocycles. The first kappa shape index (κ1) is 37.1. The maximum Gasteiger partial charge on any atom is 0.107 e. The minimum atomic E-state index is 0.299. The van der Waals surface area contributed by atoms with Crippen molar-refractivity contribution >= 4 is 0 Å². The Hall–Kier alpha value is -0.120. The Morgan fingerprint density at radius 3 is 0.829 bits per heavy atom. The van der Waals surface area contributed by atoms with Crippen LogP contribution in [-0.4, -0.2) is 37.6 Å². The molecule has 2 aliphatic heterocycles. The monoisotopic (exact) mass is 579 g/mol. The lowest BCUT2D eigenvalue weighted by Crippen LogP contribution is -2.30. The van der Waals surface area contributed by atoms with E-state index in [1.54, 1.807) is 0 Å². The third-order valence-electron chi connectivity index (χ3n) is 9.58. The summed E-state index contributed by atoms with van der Waals surface area (Å²) in [6.45, 7) is 6.41. The summed E-state index contributed by atoms with van der Waals surface area (Å²) in [5, 5.41) is 0. The van der Waals surface area contributed by atoms with Crippen molar-refractivity contribution in [1.29, 1.82) is 0 Å². The van der Waals surface area contributed by atoms with E-state index >= 15 is 0 Å². The zero-order valence-electron chi connectivity index (χ0n) is 28.2. The first-order chi connectivity index (χ1) is 20.3. The van der Waals surface area contributed by atoms with Gasteiger partial charge in [-0.3, -0.25) is 0 Å². The molecule has 2 aliphatic rings. The maximum absolute atomic E-state index is 6.68. The summed E-state index contributed by atoms with van der Waals surface area (Å²) in [6, 6.07) is 0. The summed E-state index contributed by atoms with van der Waals surface area (Å²) in [6.07, 6.45) is 43.3. The maximum atomic E-state index is 6.68. The van der Waals surface area contributed by atoms with Gasteiger partial charge < -0.3 is 14.2 Å². The summed E-state index contributed by atoms with van der Waals surface area (Å²) < 4.78 is 18.1. The fourth-order valence-corrected chi connectivity index (χ4v) is 6.53. The highest BCUT2D eigenvalue weighted by Gasteiger charge is 2.39. The van der Waals surface area contributed by atoms with E-state index in [4.69, 9.17) is 14.2 Å². The predicted molar refractivity (Wildman–Crippen MR) is 178 cm³/mol. The Kier molecular flexibility index (Phi) is 24.8. The van der Waals surface area contributed by atoms with Crippen LogP contribution in [0, 0.1) is 0 Å². The fraction of sp³-hybridized carbons (Fsp3) is 1.00. The molecule has 0 saturated carbocycles. The van der Waals surface area contributed by atoms with E-state index in [0.29, 0.717) is 24.4 Å². The first-order valence-corrected chi connectivity index (χ1v) is 19.2. The van der Waals surface area contributed by atoms with Gasteiger partial charge in [-0.05, 0) is 12.8 Å². The van der Waals surface area contributed by atoms with Gasteiger partial charge in [-0.2, -0.15) is 0 Å². The SMILES string of the molecule is CCCCCCCCCCCCCCCCC(OC(CCCCCCCCCCCCCCCC)C1CO1)C1CO1. The van der Waals surface area contributed by atoms with E-state index in [1.807, 2.05) is 0 Å². The van der Waals surface area contributed by atoms with Crippen LogP contribution in [0.25, 0.3) is 0 Å². The summed E-state index contributed by atoms with van der Waals surface area (Å²) in [7, 11) is 0. The van der Waals surface area contributed by atoms with Gasteiger partial charge >= 0.3 is 0 Å². The highest BCUT2D eigenvalue weighted by Crippen LogP contribution is 2.29. The second-order valence-corrected chi connectivity index (χ2v) is 13.7. The Morgan fingerprint density at radius 2 is 0.610 bits per heavy atom. The van der Waals surface area contributed by atoms with Crippen molar-refractivity contribution in [2.45, 2.75) is 231 Å². The highest BCUT2D eigenvalue weighted by molar-refractivity contribution is 4.86. The van der Waals surface area contributed by atoms with Crippen LogP contribution in [0.1, 0.15) is 206 Å². The van der Waals surface area contributed by atoms with E-state index in [1.165, 1.54) is 193 Å². The molecule has 0 aromatic rings. The number of rotatable bonds is 34. The van der Waals surface area contributed by atoms with Crippen molar-refractivity contribution in [1.82, 2.24) is 0 Å². The Morgan fingerprint density at radius 1 is 0.390 bits per heavy atom. The summed E-state index contributed by atoms with van der Waals surface area (Å²) in [4.78, 5) is 0. The largest absolute Gasteiger partial charge is 0.370 e. The van der Waals surface area contributed by atoms with Crippen LogP contribution in [0.2, 0.25) is 0 Å². The van der Waals surface area contributed by atoms with Gasteiger partial charge in [-0.1, -0.05) is 194 Å². The van der Waals surface area contributed by atoms with Crippen LogP contribution in [0.4, 0.5) is 0 Å². The van der Waals surface area contributed by atoms with E-state index in [2.05, 4.69) is 13.8 Å². The molecular weight excluding hydrogens is 504 g/mol. The van der Waals surface area contributed by atoms with E-state index in [9.17, 15) is 0 Å². The van der Waals surface area contributed by atoms with E-state index < -0.39 is 0 Å². The van der Waals surface area contributed by atoms with Crippen molar-refractivity contribution < 1.29 is 14.2 Å². The van der Waals surface area contributed by atoms with Crippen LogP contribution in [0.5, 0.6) is 0 Å². The van der Waals surface area contributed by atoms with Gasteiger partial charge in [0.15, 0.2) is 0 Å². The summed E-state index contributed by atoms with van der Waals surface area (Å²) >= 11 is 0. The Bertz CT molecular complexity index is 484. The van der Waals surface area contributed by atoms with Crippen molar-refractivity contribution in [2.75, 3.05) is 13.2 Å². The quantitative estimate of drug-likeness (QED) is 0.0562. The van der Waals surface area contributed by atoms with Crippen LogP contribution >= 0.6 is 0 Å². The molecule has 2 fully saturated rings. The molecule has 3 heteroatoms. The lowest BCUT2D eigenvalue weighted by molar-refractivity contribution is -0.0468. The van der Waals surface area contributed by atoms with Crippen molar-refractivity contribution in [3.05, 3.63) is 0 Å². The van der Waals surface area contributed by atoms with Gasteiger partial charge in [0.05, 0.1) is 25.4 Å². The molecule has 2 saturated heterocycles. The third kappa shape index (κ3) is 23.0. The molecule has 2 rings (SSSR count). The highest BCUT2D eigenvalue weighted by atomic mass is 16.6. The molecule has 0 amide bonds. The first-order valence-electron chi connectivity index (χ1n) is 19.2. The van der Waals surface area contributed by atoms with Crippen LogP contribution in [0.15, 0.2) is 0 Å². The predicted octanol–water partition coefficient (Wildman–Crippen LogP) is 12.3. The fourth-order valence-electron chi connectivity index (χ4n) is 6.53. The van der Waals surface area contributed by atoms with Gasteiger partial charge in [0, 0.05) is 0 Å². The topological polar surface area (TPSA) is 34.3 Å². The number of ether oxygens (including phenoxy) is 3. The van der Waals surface area contributed by atoms with E-state index in [0.717, 1.165) is 13.2 Å². The molecule has 4 unspecified atom stereocenters. The molecule has 4 atom stereocenters. The molecule has 0 aliphatic carbocycles. The normalized spacial score (nSPS) is 19.5. The molecule has 2 heterocycles. The zero-order valence-corrected chi connectivity index (χ0v) is 28.2. The van der Waals surface area contributed by atoms with Gasteiger partial charge in [0.25, 0.3) is 0 Å². The number of epoxide rings is 2. The number of hydrogen-bond donors (Lipinski definition) is 0. The molecule has 0 N–H and O–H groups in total. The number of unbranched alkanes of at least 4 members (excludes halogenated alkanes) is 26. The zero-order chi connectivity index (χ0) is 29.1. The lowest BCUT2D eigenvalue weighted by atomic mass is 10.0. The minimum absolute atomic E-state index is 0.299. The van der Waals surface area contributed by atoms with Crippen LogP contribution < -0.4 is 0 Å². The van der Waals surface area contributed by atoms with E-state index in [-0.39, 0.29) is 0 Å². The van der Waals surface area contributed by atoms with Gasteiger partial charge in [0.1, 0.15) is 12.2 Å². The van der Waals surface area contributed by atoms with Gasteiger partial charge in [0.2, 0.25) is 0 Å². The number of hydrogen-bond acceptors (Lipinski definition) is 3. The van der Waals surface area contributed by atoms with Gasteiger partial charge in [-0.25, -0.2) is 0 Å². The molecule has 0 aromatic carbocycles.